The number of sulfonamides is 1. The third-order valence-corrected chi connectivity index (χ3v) is 4.31. The zero-order valence-corrected chi connectivity index (χ0v) is 12.7. The van der Waals surface area contributed by atoms with Crippen LogP contribution in [0.3, 0.4) is 0 Å². The molecule has 2 aromatic rings. The Kier molecular flexibility index (Phi) is 4.69. The van der Waals surface area contributed by atoms with E-state index in [-0.39, 0.29) is 15.6 Å². The van der Waals surface area contributed by atoms with Crippen LogP contribution in [-0.2, 0) is 10.0 Å². The molecule has 4 nitrogen and oxygen atoms in total. The normalized spacial score (nSPS) is 11.2. The highest BCUT2D eigenvalue weighted by atomic mass is 35.5. The maximum atomic E-state index is 13.7. The predicted molar refractivity (Wildman–Crippen MR) is 79.8 cm³/mol. The first-order valence-corrected chi connectivity index (χ1v) is 8.00. The molecule has 0 unspecified atom stereocenters. The average molecular weight is 330 g/mol. The van der Waals surface area contributed by atoms with Crippen molar-refractivity contribution in [2.24, 2.45) is 0 Å². The van der Waals surface area contributed by atoms with Crippen molar-refractivity contribution < 1.29 is 17.5 Å². The zero-order chi connectivity index (χ0) is 15.5. The summed E-state index contributed by atoms with van der Waals surface area (Å²) in [5.41, 5.74) is -0.198. The molecule has 0 saturated heterocycles. The van der Waals surface area contributed by atoms with Gasteiger partial charge in [0.2, 0.25) is 0 Å². The van der Waals surface area contributed by atoms with E-state index >= 15 is 0 Å². The van der Waals surface area contributed by atoms with E-state index in [2.05, 4.69) is 4.72 Å². The van der Waals surface area contributed by atoms with Crippen LogP contribution in [0.5, 0.6) is 5.75 Å². The summed E-state index contributed by atoms with van der Waals surface area (Å²) in [5.74, 6) is -0.251. The SMILES string of the molecule is CCOc1ccc(S(=O)(=O)Nc2cccc(Cl)c2F)cc1. The molecule has 0 radical (unpaired) electrons. The summed E-state index contributed by atoms with van der Waals surface area (Å²) in [5, 5.41) is -0.151. The Balaban J connectivity index is 2.27. The summed E-state index contributed by atoms with van der Waals surface area (Å²) in [4.78, 5) is 0.00493. The van der Waals surface area contributed by atoms with Crippen molar-refractivity contribution in [3.8, 4) is 5.75 Å². The minimum Gasteiger partial charge on any atom is -0.494 e. The molecular formula is C14H13ClFNO3S. The summed E-state index contributed by atoms with van der Waals surface area (Å²) >= 11 is 5.62. The zero-order valence-electron chi connectivity index (χ0n) is 11.1. The van der Waals surface area contributed by atoms with Crippen LogP contribution in [0.15, 0.2) is 47.4 Å². The summed E-state index contributed by atoms with van der Waals surface area (Å²) < 4.78 is 45.5. The van der Waals surface area contributed by atoms with E-state index in [0.717, 1.165) is 0 Å². The molecule has 2 aromatic carbocycles. The van der Waals surface area contributed by atoms with Gasteiger partial charge in [-0.1, -0.05) is 17.7 Å². The van der Waals surface area contributed by atoms with E-state index < -0.39 is 15.8 Å². The van der Waals surface area contributed by atoms with Gasteiger partial charge in [-0.15, -0.1) is 0 Å². The first-order chi connectivity index (χ1) is 9.94. The van der Waals surface area contributed by atoms with E-state index in [1.807, 2.05) is 6.92 Å². The number of halogens is 2. The summed E-state index contributed by atoms with van der Waals surface area (Å²) in [7, 11) is -3.89. The Labute approximate surface area is 127 Å². The number of nitrogens with one attached hydrogen (secondary N) is 1. The van der Waals surface area contributed by atoms with Crippen LogP contribution in [0.4, 0.5) is 10.1 Å². The lowest BCUT2D eigenvalue weighted by Gasteiger charge is -2.10. The van der Waals surface area contributed by atoms with Crippen LogP contribution in [0.25, 0.3) is 0 Å². The van der Waals surface area contributed by atoms with Crippen molar-refractivity contribution in [3.63, 3.8) is 0 Å². The van der Waals surface area contributed by atoms with E-state index in [0.29, 0.717) is 12.4 Å². The molecule has 0 amide bonds. The van der Waals surface area contributed by atoms with Gasteiger partial charge in [-0.2, -0.15) is 0 Å². The number of hydrogen-bond donors (Lipinski definition) is 1. The van der Waals surface area contributed by atoms with Crippen LogP contribution >= 0.6 is 11.6 Å². The first-order valence-electron chi connectivity index (χ1n) is 6.13. The molecule has 0 heterocycles. The molecule has 0 aromatic heterocycles. The Morgan fingerprint density at radius 2 is 1.86 bits per heavy atom. The van der Waals surface area contributed by atoms with Gasteiger partial charge in [0.15, 0.2) is 5.82 Å². The number of rotatable bonds is 5. The molecule has 0 bridgehead atoms. The minimum absolute atomic E-state index is 0.00493. The molecule has 0 aliphatic rings. The Bertz CT molecular complexity index is 732. The van der Waals surface area contributed by atoms with Crippen LogP contribution < -0.4 is 9.46 Å². The van der Waals surface area contributed by atoms with Gasteiger partial charge in [-0.3, -0.25) is 4.72 Å². The van der Waals surface area contributed by atoms with Gasteiger partial charge < -0.3 is 4.74 Å². The molecule has 21 heavy (non-hydrogen) atoms. The fraction of sp³-hybridized carbons (Fsp3) is 0.143. The van der Waals surface area contributed by atoms with Gasteiger partial charge in [0.1, 0.15) is 5.75 Å². The van der Waals surface area contributed by atoms with Gasteiger partial charge in [0.05, 0.1) is 22.2 Å². The lowest BCUT2D eigenvalue weighted by atomic mass is 10.3. The second-order valence-corrected chi connectivity index (χ2v) is 6.20. The van der Waals surface area contributed by atoms with Gasteiger partial charge in [0, 0.05) is 0 Å². The third-order valence-electron chi connectivity index (χ3n) is 2.64. The van der Waals surface area contributed by atoms with Gasteiger partial charge in [-0.25, -0.2) is 12.8 Å². The smallest absolute Gasteiger partial charge is 0.261 e. The highest BCUT2D eigenvalue weighted by Gasteiger charge is 2.17. The first kappa shape index (κ1) is 15.6. The standard InChI is InChI=1S/C14H13ClFNO3S/c1-2-20-10-6-8-11(9-7-10)21(18,19)17-13-5-3-4-12(15)14(13)16/h3-9,17H,2H2,1H3. The lowest BCUT2D eigenvalue weighted by molar-refractivity contribution is 0.340. The fourth-order valence-corrected chi connectivity index (χ4v) is 2.90. The predicted octanol–water partition coefficient (Wildman–Crippen LogP) is 3.68. The minimum atomic E-state index is -3.89. The number of benzene rings is 2. The van der Waals surface area contributed by atoms with Gasteiger partial charge in [0.25, 0.3) is 10.0 Å². The van der Waals surface area contributed by atoms with Crippen LogP contribution in [-0.4, -0.2) is 15.0 Å². The van der Waals surface area contributed by atoms with Crippen molar-refractivity contribution >= 4 is 27.3 Å². The maximum absolute atomic E-state index is 13.7. The fourth-order valence-electron chi connectivity index (χ4n) is 1.67. The van der Waals surface area contributed by atoms with Crippen molar-refractivity contribution in [1.82, 2.24) is 0 Å². The molecule has 0 atom stereocenters. The second-order valence-electron chi connectivity index (χ2n) is 4.11. The Morgan fingerprint density at radius 3 is 2.48 bits per heavy atom. The van der Waals surface area contributed by atoms with Gasteiger partial charge in [-0.05, 0) is 43.3 Å². The largest absolute Gasteiger partial charge is 0.494 e. The molecule has 1 N–H and O–H groups in total. The molecule has 0 spiro atoms. The molecule has 0 saturated carbocycles. The third kappa shape index (κ3) is 3.65. The average Bonchev–Trinajstić information content (AvgIpc) is 2.45. The van der Waals surface area contributed by atoms with E-state index in [9.17, 15) is 12.8 Å². The van der Waals surface area contributed by atoms with Gasteiger partial charge >= 0.3 is 0 Å². The van der Waals surface area contributed by atoms with E-state index in [4.69, 9.17) is 16.3 Å². The van der Waals surface area contributed by atoms with Crippen LogP contribution in [0, 0.1) is 5.82 Å². The lowest BCUT2D eigenvalue weighted by Crippen LogP contribution is -2.14. The molecule has 2 rings (SSSR count). The van der Waals surface area contributed by atoms with E-state index in [1.54, 1.807) is 0 Å². The molecule has 0 fully saturated rings. The summed E-state index contributed by atoms with van der Waals surface area (Å²) in [6.07, 6.45) is 0. The number of hydrogen-bond acceptors (Lipinski definition) is 3. The Hall–Kier alpha value is -1.79. The molecule has 112 valence electrons. The van der Waals surface area contributed by atoms with Crippen LogP contribution in [0.2, 0.25) is 5.02 Å². The number of anilines is 1. The van der Waals surface area contributed by atoms with Crippen molar-refractivity contribution in [1.29, 1.82) is 0 Å². The molecular weight excluding hydrogens is 317 g/mol. The molecule has 7 heteroatoms. The highest BCUT2D eigenvalue weighted by molar-refractivity contribution is 7.92. The molecule has 0 aliphatic heterocycles. The highest BCUT2D eigenvalue weighted by Crippen LogP contribution is 2.25. The number of ether oxygens (including phenoxy) is 1. The van der Waals surface area contributed by atoms with Crippen molar-refractivity contribution in [2.45, 2.75) is 11.8 Å². The van der Waals surface area contributed by atoms with Crippen molar-refractivity contribution in [2.75, 3.05) is 11.3 Å². The summed E-state index contributed by atoms with van der Waals surface area (Å²) in [6, 6.07) is 9.94. The second kappa shape index (κ2) is 6.32. The monoisotopic (exact) mass is 329 g/mol. The summed E-state index contributed by atoms with van der Waals surface area (Å²) in [6.45, 7) is 2.31. The molecule has 0 aliphatic carbocycles. The van der Waals surface area contributed by atoms with Crippen LogP contribution in [0.1, 0.15) is 6.92 Å². The van der Waals surface area contributed by atoms with Crippen molar-refractivity contribution in [3.05, 3.63) is 53.3 Å². The van der Waals surface area contributed by atoms with E-state index in [1.165, 1.54) is 42.5 Å². The topological polar surface area (TPSA) is 55.4 Å². The maximum Gasteiger partial charge on any atom is 0.261 e. The Morgan fingerprint density at radius 1 is 1.19 bits per heavy atom. The quantitative estimate of drug-likeness (QED) is 0.910.